The number of ether oxygens (including phenoxy) is 1. The molecule has 0 saturated carbocycles. The number of oxazole rings is 1. The number of furan rings is 1. The maximum absolute atomic E-state index is 11.8. The van der Waals surface area contributed by atoms with Crippen LogP contribution in [-0.2, 0) is 11.2 Å². The van der Waals surface area contributed by atoms with Crippen LogP contribution in [0, 0.1) is 5.92 Å². The van der Waals surface area contributed by atoms with E-state index in [2.05, 4.69) is 18.8 Å². The summed E-state index contributed by atoms with van der Waals surface area (Å²) in [5.74, 6) is 0.859. The molecule has 0 aromatic carbocycles. The first kappa shape index (κ1) is 13.4. The van der Waals surface area contributed by atoms with Gasteiger partial charge in [-0.2, -0.15) is 0 Å². The molecule has 5 heteroatoms. The van der Waals surface area contributed by atoms with Gasteiger partial charge in [0.1, 0.15) is 0 Å². The lowest BCUT2D eigenvalue weighted by Gasteiger charge is -2.02. The predicted molar refractivity (Wildman–Crippen MR) is 68.7 cm³/mol. The van der Waals surface area contributed by atoms with Gasteiger partial charge in [0.25, 0.3) is 5.89 Å². The zero-order valence-corrected chi connectivity index (χ0v) is 11.3. The number of hydrogen-bond acceptors (Lipinski definition) is 5. The number of rotatable bonds is 5. The van der Waals surface area contributed by atoms with Gasteiger partial charge in [0.05, 0.1) is 18.6 Å². The normalized spacial score (nSPS) is 10.9. The van der Waals surface area contributed by atoms with Crippen molar-refractivity contribution in [3.63, 3.8) is 0 Å². The van der Waals surface area contributed by atoms with E-state index in [0.29, 0.717) is 36.3 Å². The Balaban J connectivity index is 2.36. The second kappa shape index (κ2) is 5.73. The maximum Gasteiger partial charge on any atom is 0.376 e. The summed E-state index contributed by atoms with van der Waals surface area (Å²) in [6.45, 7) is 6.16. The first-order chi connectivity index (χ1) is 9.11. The van der Waals surface area contributed by atoms with Crippen LogP contribution in [0.3, 0.4) is 0 Å². The molecular formula is C14H17NO4. The molecule has 0 radical (unpaired) electrons. The smallest absolute Gasteiger partial charge is 0.376 e. The van der Waals surface area contributed by atoms with Gasteiger partial charge in [0.2, 0.25) is 5.76 Å². The third-order valence-corrected chi connectivity index (χ3v) is 2.49. The lowest BCUT2D eigenvalue weighted by Crippen LogP contribution is -2.08. The second-order valence-corrected chi connectivity index (χ2v) is 4.59. The van der Waals surface area contributed by atoms with Crippen LogP contribution in [0.15, 0.2) is 27.2 Å². The number of esters is 1. The van der Waals surface area contributed by atoms with Crippen molar-refractivity contribution >= 4 is 5.97 Å². The molecule has 19 heavy (non-hydrogen) atoms. The van der Waals surface area contributed by atoms with Crippen LogP contribution < -0.4 is 0 Å². The van der Waals surface area contributed by atoms with Crippen molar-refractivity contribution < 1.29 is 18.4 Å². The van der Waals surface area contributed by atoms with Crippen LogP contribution in [-0.4, -0.2) is 17.6 Å². The predicted octanol–water partition coefficient (Wildman–Crippen LogP) is 3.31. The van der Waals surface area contributed by atoms with E-state index in [9.17, 15) is 4.79 Å². The molecule has 0 atom stereocenters. The molecule has 0 fully saturated rings. The fraction of sp³-hybridized carbons (Fsp3) is 0.429. The Morgan fingerprint density at radius 1 is 1.47 bits per heavy atom. The van der Waals surface area contributed by atoms with Crippen LogP contribution in [0.2, 0.25) is 0 Å². The van der Waals surface area contributed by atoms with Crippen LogP contribution in [0.1, 0.15) is 37.0 Å². The minimum absolute atomic E-state index is 0.168. The van der Waals surface area contributed by atoms with Gasteiger partial charge in [-0.1, -0.05) is 13.8 Å². The van der Waals surface area contributed by atoms with E-state index in [1.807, 2.05) is 0 Å². The summed E-state index contributed by atoms with van der Waals surface area (Å²) in [4.78, 5) is 16.2. The van der Waals surface area contributed by atoms with E-state index in [1.165, 1.54) is 6.26 Å². The van der Waals surface area contributed by atoms with Gasteiger partial charge in [-0.25, -0.2) is 9.78 Å². The van der Waals surface area contributed by atoms with Crippen molar-refractivity contribution in [2.45, 2.75) is 27.2 Å². The van der Waals surface area contributed by atoms with Crippen molar-refractivity contribution in [2.24, 2.45) is 5.92 Å². The van der Waals surface area contributed by atoms with Crippen LogP contribution in [0.25, 0.3) is 11.7 Å². The van der Waals surface area contributed by atoms with Crippen molar-refractivity contribution in [3.8, 4) is 11.7 Å². The first-order valence-corrected chi connectivity index (χ1v) is 6.32. The molecule has 102 valence electrons. The van der Waals surface area contributed by atoms with Crippen molar-refractivity contribution in [3.05, 3.63) is 29.9 Å². The fourth-order valence-electron chi connectivity index (χ4n) is 1.74. The SMILES string of the molecule is CCOC(=O)c1oc(-c2ccco2)nc1CC(C)C. The lowest BCUT2D eigenvalue weighted by molar-refractivity contribution is 0.0489. The molecule has 0 unspecified atom stereocenters. The minimum atomic E-state index is -0.483. The number of nitrogens with zero attached hydrogens (tertiary/aromatic N) is 1. The third kappa shape index (κ3) is 3.05. The highest BCUT2D eigenvalue weighted by Gasteiger charge is 2.23. The monoisotopic (exact) mass is 263 g/mol. The van der Waals surface area contributed by atoms with Crippen molar-refractivity contribution in [1.82, 2.24) is 4.98 Å². The second-order valence-electron chi connectivity index (χ2n) is 4.59. The zero-order chi connectivity index (χ0) is 13.8. The van der Waals surface area contributed by atoms with Gasteiger partial charge in [-0.15, -0.1) is 0 Å². The molecule has 0 amide bonds. The molecule has 5 nitrogen and oxygen atoms in total. The molecule has 0 spiro atoms. The quantitative estimate of drug-likeness (QED) is 0.774. The molecule has 0 aliphatic carbocycles. The summed E-state index contributed by atoms with van der Waals surface area (Å²) >= 11 is 0. The van der Waals surface area contributed by atoms with Crippen molar-refractivity contribution in [1.29, 1.82) is 0 Å². The molecule has 2 aromatic heterocycles. The molecule has 2 rings (SSSR count). The van der Waals surface area contributed by atoms with Crippen LogP contribution in [0.5, 0.6) is 0 Å². The number of carbonyl (C=O) groups is 1. The van der Waals surface area contributed by atoms with Crippen LogP contribution in [0.4, 0.5) is 0 Å². The fourth-order valence-corrected chi connectivity index (χ4v) is 1.74. The van der Waals surface area contributed by atoms with Gasteiger partial charge < -0.3 is 13.6 Å². The van der Waals surface area contributed by atoms with Gasteiger partial charge in [-0.3, -0.25) is 0 Å². The summed E-state index contributed by atoms with van der Waals surface area (Å²) in [6.07, 6.45) is 2.18. The number of hydrogen-bond donors (Lipinski definition) is 0. The largest absolute Gasteiger partial charge is 0.460 e. The highest BCUT2D eigenvalue weighted by atomic mass is 16.5. The summed E-state index contributed by atoms with van der Waals surface area (Å²) < 4.78 is 15.7. The molecule has 2 heterocycles. The Hall–Kier alpha value is -2.04. The zero-order valence-electron chi connectivity index (χ0n) is 11.3. The average Bonchev–Trinajstić information content (AvgIpc) is 2.96. The molecule has 0 N–H and O–H groups in total. The Labute approximate surface area is 111 Å². The third-order valence-electron chi connectivity index (χ3n) is 2.49. The molecule has 0 bridgehead atoms. The van der Waals surface area contributed by atoms with Gasteiger partial charge in [0, 0.05) is 0 Å². The van der Waals surface area contributed by atoms with Gasteiger partial charge in [0.15, 0.2) is 5.76 Å². The summed E-state index contributed by atoms with van der Waals surface area (Å²) in [5.41, 5.74) is 0.611. The molecular weight excluding hydrogens is 246 g/mol. The summed E-state index contributed by atoms with van der Waals surface area (Å²) in [6, 6.07) is 3.48. The minimum Gasteiger partial charge on any atom is -0.460 e. The van der Waals surface area contributed by atoms with E-state index in [1.54, 1.807) is 19.1 Å². The summed E-state index contributed by atoms with van der Waals surface area (Å²) in [5, 5.41) is 0. The summed E-state index contributed by atoms with van der Waals surface area (Å²) in [7, 11) is 0. The first-order valence-electron chi connectivity index (χ1n) is 6.32. The molecule has 0 aliphatic heterocycles. The van der Waals surface area contributed by atoms with E-state index < -0.39 is 5.97 Å². The van der Waals surface area contributed by atoms with E-state index in [-0.39, 0.29) is 5.76 Å². The Kier molecular flexibility index (Phi) is 4.04. The number of aromatic nitrogens is 1. The maximum atomic E-state index is 11.8. The van der Waals surface area contributed by atoms with Gasteiger partial charge in [-0.05, 0) is 31.4 Å². The highest BCUT2D eigenvalue weighted by molar-refractivity contribution is 5.88. The average molecular weight is 263 g/mol. The Bertz CT molecular complexity index is 540. The van der Waals surface area contributed by atoms with E-state index in [4.69, 9.17) is 13.6 Å². The molecule has 0 aliphatic rings. The van der Waals surface area contributed by atoms with Gasteiger partial charge >= 0.3 is 5.97 Å². The van der Waals surface area contributed by atoms with Crippen molar-refractivity contribution in [2.75, 3.05) is 6.61 Å². The topological polar surface area (TPSA) is 65.5 Å². The van der Waals surface area contributed by atoms with E-state index >= 15 is 0 Å². The van der Waals surface area contributed by atoms with Crippen LogP contribution >= 0.6 is 0 Å². The Morgan fingerprint density at radius 3 is 2.84 bits per heavy atom. The number of carbonyl (C=O) groups excluding carboxylic acids is 1. The molecule has 2 aromatic rings. The highest BCUT2D eigenvalue weighted by Crippen LogP contribution is 2.24. The molecule has 0 saturated heterocycles. The Morgan fingerprint density at radius 2 is 2.26 bits per heavy atom. The van der Waals surface area contributed by atoms with E-state index in [0.717, 1.165) is 0 Å². The lowest BCUT2D eigenvalue weighted by atomic mass is 10.1. The standard InChI is InChI=1S/C14H17NO4/c1-4-17-14(16)12-10(8-9(2)3)15-13(19-12)11-6-5-7-18-11/h5-7,9H,4,8H2,1-3H3.